The van der Waals surface area contributed by atoms with Crippen LogP contribution in [0.5, 0.6) is 0 Å². The summed E-state index contributed by atoms with van der Waals surface area (Å²) in [6.45, 7) is 10.8. The molecule has 2 aliphatic rings. The lowest BCUT2D eigenvalue weighted by Crippen LogP contribution is -2.58. The predicted molar refractivity (Wildman–Crippen MR) is 65.1 cm³/mol. The van der Waals surface area contributed by atoms with Crippen molar-refractivity contribution in [1.82, 2.24) is 10.2 Å². The average molecular weight is 210 g/mol. The van der Waals surface area contributed by atoms with Crippen LogP contribution in [-0.2, 0) is 0 Å². The van der Waals surface area contributed by atoms with E-state index in [0.29, 0.717) is 11.1 Å². The van der Waals surface area contributed by atoms with Gasteiger partial charge in [0.05, 0.1) is 0 Å². The summed E-state index contributed by atoms with van der Waals surface area (Å²) in [5.41, 5.74) is 0.871. The Morgan fingerprint density at radius 2 is 1.67 bits per heavy atom. The molecule has 0 aromatic carbocycles. The fourth-order valence-corrected chi connectivity index (χ4v) is 3.06. The maximum atomic E-state index is 3.78. The molecule has 2 heteroatoms. The van der Waals surface area contributed by atoms with Crippen LogP contribution >= 0.6 is 0 Å². The molecule has 0 atom stereocenters. The number of hydrogen-bond donors (Lipinski definition) is 1. The largest absolute Gasteiger partial charge is 0.311 e. The zero-order valence-electron chi connectivity index (χ0n) is 10.6. The lowest BCUT2D eigenvalue weighted by atomic mass is 9.79. The van der Waals surface area contributed by atoms with E-state index < -0.39 is 0 Å². The Labute approximate surface area is 94.4 Å². The smallest absolute Gasteiger partial charge is 0.0205 e. The third-order valence-corrected chi connectivity index (χ3v) is 4.25. The first-order valence-corrected chi connectivity index (χ1v) is 6.52. The van der Waals surface area contributed by atoms with Crippen molar-refractivity contribution >= 4 is 0 Å². The molecule has 0 saturated carbocycles. The molecule has 88 valence electrons. The third-order valence-electron chi connectivity index (χ3n) is 4.25. The Bertz CT molecular complexity index is 201. The molecule has 2 fully saturated rings. The van der Waals surface area contributed by atoms with E-state index in [4.69, 9.17) is 0 Å². The second-order valence-corrected chi connectivity index (χ2v) is 6.32. The van der Waals surface area contributed by atoms with Gasteiger partial charge < -0.3 is 5.32 Å². The molecular weight excluding hydrogens is 184 g/mol. The first-order valence-electron chi connectivity index (χ1n) is 6.52. The van der Waals surface area contributed by atoms with Gasteiger partial charge in [-0.3, -0.25) is 4.90 Å². The second-order valence-electron chi connectivity index (χ2n) is 6.32. The summed E-state index contributed by atoms with van der Waals surface area (Å²) >= 11 is 0. The highest BCUT2D eigenvalue weighted by molar-refractivity contribution is 4.97. The molecule has 1 spiro atoms. The Morgan fingerprint density at radius 3 is 2.13 bits per heavy atom. The molecule has 0 radical (unpaired) electrons. The summed E-state index contributed by atoms with van der Waals surface area (Å²) in [5, 5.41) is 3.78. The Balaban J connectivity index is 1.91. The minimum atomic E-state index is 0.357. The summed E-state index contributed by atoms with van der Waals surface area (Å²) in [6, 6.07) is 0. The van der Waals surface area contributed by atoms with Crippen molar-refractivity contribution in [2.45, 2.75) is 64.0 Å². The molecule has 2 aliphatic heterocycles. The summed E-state index contributed by atoms with van der Waals surface area (Å²) in [7, 11) is 0. The molecule has 0 bridgehead atoms. The van der Waals surface area contributed by atoms with Gasteiger partial charge in [0.2, 0.25) is 0 Å². The maximum Gasteiger partial charge on any atom is 0.0205 e. The van der Waals surface area contributed by atoms with Crippen molar-refractivity contribution in [1.29, 1.82) is 0 Å². The predicted octanol–water partition coefficient (Wildman–Crippen LogP) is 2.39. The summed E-state index contributed by atoms with van der Waals surface area (Å²) in [4.78, 5) is 2.63. The Kier molecular flexibility index (Phi) is 3.09. The molecule has 0 unspecified atom stereocenters. The quantitative estimate of drug-likeness (QED) is 0.660. The van der Waals surface area contributed by atoms with Gasteiger partial charge in [0.15, 0.2) is 0 Å². The van der Waals surface area contributed by atoms with Crippen molar-refractivity contribution in [3.63, 3.8) is 0 Å². The molecule has 0 amide bonds. The van der Waals surface area contributed by atoms with Crippen LogP contribution in [0.15, 0.2) is 0 Å². The van der Waals surface area contributed by atoms with Gasteiger partial charge in [-0.1, -0.05) is 6.42 Å². The number of nitrogens with one attached hydrogen (secondary N) is 1. The molecule has 2 heterocycles. The van der Waals surface area contributed by atoms with E-state index in [1.807, 2.05) is 0 Å². The van der Waals surface area contributed by atoms with E-state index in [2.05, 4.69) is 31.0 Å². The molecule has 0 aromatic heterocycles. The maximum absolute atomic E-state index is 3.78. The van der Waals surface area contributed by atoms with Crippen LogP contribution in [-0.4, -0.2) is 35.6 Å². The van der Waals surface area contributed by atoms with Crippen LogP contribution in [0, 0.1) is 0 Å². The van der Waals surface area contributed by atoms with Crippen LogP contribution < -0.4 is 5.32 Å². The second kappa shape index (κ2) is 4.06. The van der Waals surface area contributed by atoms with Crippen molar-refractivity contribution in [2.24, 2.45) is 0 Å². The van der Waals surface area contributed by atoms with Crippen molar-refractivity contribution < 1.29 is 0 Å². The topological polar surface area (TPSA) is 15.3 Å². The zero-order chi connectivity index (χ0) is 10.9. The van der Waals surface area contributed by atoms with Gasteiger partial charge in [-0.2, -0.15) is 0 Å². The number of rotatable bonds is 0. The lowest BCUT2D eigenvalue weighted by molar-refractivity contribution is 0.0523. The number of nitrogens with zero attached hydrogens (tertiary/aromatic N) is 1. The normalized spacial score (nSPS) is 28.2. The summed E-state index contributed by atoms with van der Waals surface area (Å²) in [5.74, 6) is 0. The molecule has 0 aromatic rings. The monoisotopic (exact) mass is 210 g/mol. The standard InChI is InChI=1S/C13H26N2/c1-12(2,3)15-10-7-13(8-11-15)6-4-5-9-14-13/h14H,4-11H2,1-3H3. The van der Waals surface area contributed by atoms with E-state index >= 15 is 0 Å². The number of likely N-dealkylation sites (tertiary alicyclic amines) is 1. The van der Waals surface area contributed by atoms with Gasteiger partial charge in [-0.25, -0.2) is 0 Å². The van der Waals surface area contributed by atoms with Gasteiger partial charge in [0.25, 0.3) is 0 Å². The first-order chi connectivity index (χ1) is 7.02. The molecule has 2 rings (SSSR count). The van der Waals surface area contributed by atoms with Gasteiger partial charge in [0, 0.05) is 24.2 Å². The molecular formula is C13H26N2. The molecule has 1 N–H and O–H groups in total. The summed E-state index contributed by atoms with van der Waals surface area (Å²) in [6.07, 6.45) is 6.92. The van der Waals surface area contributed by atoms with Crippen LogP contribution in [0.2, 0.25) is 0 Å². The molecule has 2 saturated heterocycles. The number of piperidine rings is 2. The van der Waals surface area contributed by atoms with E-state index in [-0.39, 0.29) is 0 Å². The van der Waals surface area contributed by atoms with E-state index in [9.17, 15) is 0 Å². The van der Waals surface area contributed by atoms with Crippen LogP contribution in [0.4, 0.5) is 0 Å². The van der Waals surface area contributed by atoms with Crippen LogP contribution in [0.1, 0.15) is 52.9 Å². The van der Waals surface area contributed by atoms with Crippen molar-refractivity contribution in [3.8, 4) is 0 Å². The fourth-order valence-electron chi connectivity index (χ4n) is 3.06. The van der Waals surface area contributed by atoms with Crippen LogP contribution in [0.25, 0.3) is 0 Å². The van der Waals surface area contributed by atoms with Gasteiger partial charge in [0.1, 0.15) is 0 Å². The summed E-state index contributed by atoms with van der Waals surface area (Å²) < 4.78 is 0. The van der Waals surface area contributed by atoms with Crippen LogP contribution in [0.3, 0.4) is 0 Å². The SMILES string of the molecule is CC(C)(C)N1CCC2(CCCCN2)CC1. The van der Waals surface area contributed by atoms with Crippen molar-refractivity contribution in [3.05, 3.63) is 0 Å². The molecule has 2 nitrogen and oxygen atoms in total. The lowest BCUT2D eigenvalue weighted by Gasteiger charge is -2.48. The van der Waals surface area contributed by atoms with Gasteiger partial charge in [-0.15, -0.1) is 0 Å². The van der Waals surface area contributed by atoms with Gasteiger partial charge in [-0.05, 0) is 53.0 Å². The zero-order valence-corrected chi connectivity index (χ0v) is 10.6. The minimum Gasteiger partial charge on any atom is -0.311 e. The number of hydrogen-bond acceptors (Lipinski definition) is 2. The fraction of sp³-hybridized carbons (Fsp3) is 1.00. The van der Waals surface area contributed by atoms with Gasteiger partial charge >= 0.3 is 0 Å². The molecule has 15 heavy (non-hydrogen) atoms. The Hall–Kier alpha value is -0.0800. The van der Waals surface area contributed by atoms with E-state index in [1.54, 1.807) is 0 Å². The highest BCUT2D eigenvalue weighted by Crippen LogP contribution is 2.32. The molecule has 0 aliphatic carbocycles. The van der Waals surface area contributed by atoms with Crippen molar-refractivity contribution in [2.75, 3.05) is 19.6 Å². The third kappa shape index (κ3) is 2.54. The van der Waals surface area contributed by atoms with E-state index in [0.717, 1.165) is 0 Å². The van der Waals surface area contributed by atoms with E-state index in [1.165, 1.54) is 51.7 Å². The average Bonchev–Trinajstić information content (AvgIpc) is 2.18. The highest BCUT2D eigenvalue weighted by atomic mass is 15.2. The highest BCUT2D eigenvalue weighted by Gasteiger charge is 2.37. The minimum absolute atomic E-state index is 0.357. The Morgan fingerprint density at radius 1 is 1.00 bits per heavy atom. The first kappa shape index (κ1) is 11.4.